The van der Waals surface area contributed by atoms with Crippen LogP contribution in [-0.4, -0.2) is 44.2 Å². The van der Waals surface area contributed by atoms with Crippen LogP contribution in [0.5, 0.6) is 0 Å². The van der Waals surface area contributed by atoms with Crippen molar-refractivity contribution in [2.75, 3.05) is 14.2 Å². The number of amides is 1. The van der Waals surface area contributed by atoms with E-state index in [0.29, 0.717) is 12.0 Å². The molecule has 0 bridgehead atoms. The fourth-order valence-electron chi connectivity index (χ4n) is 3.30. The molecule has 0 radical (unpaired) electrons. The quantitative estimate of drug-likeness (QED) is 0.588. The molecule has 110 valence electrons. The minimum atomic E-state index is -0.758. The van der Waals surface area contributed by atoms with E-state index in [0.717, 1.165) is 0 Å². The zero-order valence-corrected chi connectivity index (χ0v) is 11.5. The Balaban J connectivity index is 1.86. The van der Waals surface area contributed by atoms with Gasteiger partial charge in [-0.05, 0) is 13.3 Å². The highest BCUT2D eigenvalue weighted by atomic mass is 16.7. The van der Waals surface area contributed by atoms with Crippen LogP contribution in [0.1, 0.15) is 13.3 Å². The third-order valence-corrected chi connectivity index (χ3v) is 4.41. The largest absolute Gasteiger partial charge is 0.466 e. The van der Waals surface area contributed by atoms with Crippen LogP contribution in [0.25, 0.3) is 0 Å². The van der Waals surface area contributed by atoms with Crippen LogP contribution in [0.3, 0.4) is 0 Å². The van der Waals surface area contributed by atoms with E-state index in [2.05, 4.69) is 5.32 Å². The van der Waals surface area contributed by atoms with Gasteiger partial charge in [0.15, 0.2) is 0 Å². The van der Waals surface area contributed by atoms with Crippen molar-refractivity contribution >= 4 is 12.1 Å². The van der Waals surface area contributed by atoms with E-state index in [1.807, 2.05) is 6.92 Å². The van der Waals surface area contributed by atoms with Crippen LogP contribution in [0, 0.1) is 11.8 Å². The number of ether oxygens (including phenoxy) is 4. The monoisotopic (exact) mass is 283 g/mol. The SMILES string of the molecule is CNC(=O)O[C@@H]1OC=C(C(=O)OC)[C@H]2C[C@@H]3O[C@]3(C)[C@H]12. The first kappa shape index (κ1) is 13.2. The number of methoxy groups -OCH3 is 1. The van der Waals surface area contributed by atoms with E-state index in [1.54, 1.807) is 0 Å². The Hall–Kier alpha value is -1.76. The molecule has 7 nitrogen and oxygen atoms in total. The fourth-order valence-corrected chi connectivity index (χ4v) is 3.30. The Bertz CT molecular complexity index is 489. The number of rotatable bonds is 2. The molecule has 0 aromatic rings. The van der Waals surface area contributed by atoms with E-state index in [-0.39, 0.29) is 17.9 Å². The topological polar surface area (TPSA) is 86.4 Å². The molecule has 5 atom stereocenters. The van der Waals surface area contributed by atoms with Gasteiger partial charge in [-0.15, -0.1) is 0 Å². The van der Waals surface area contributed by atoms with E-state index in [4.69, 9.17) is 18.9 Å². The molecule has 0 unspecified atom stereocenters. The highest BCUT2D eigenvalue weighted by molar-refractivity contribution is 5.89. The third-order valence-electron chi connectivity index (χ3n) is 4.41. The molecule has 1 aliphatic carbocycles. The first-order chi connectivity index (χ1) is 9.51. The van der Waals surface area contributed by atoms with Gasteiger partial charge in [-0.1, -0.05) is 0 Å². The number of fused-ring (bicyclic) bond motifs is 3. The molecule has 20 heavy (non-hydrogen) atoms. The minimum absolute atomic E-state index is 0.0723. The molecular weight excluding hydrogens is 266 g/mol. The van der Waals surface area contributed by atoms with Gasteiger partial charge < -0.3 is 24.3 Å². The summed E-state index contributed by atoms with van der Waals surface area (Å²) in [4.78, 5) is 23.2. The highest BCUT2D eigenvalue weighted by Gasteiger charge is 2.71. The number of hydrogen-bond acceptors (Lipinski definition) is 6. The van der Waals surface area contributed by atoms with Gasteiger partial charge in [0, 0.05) is 13.0 Å². The zero-order chi connectivity index (χ0) is 14.5. The molecule has 3 rings (SSSR count). The molecule has 0 aromatic heterocycles. The van der Waals surface area contributed by atoms with Crippen molar-refractivity contribution in [1.29, 1.82) is 0 Å². The summed E-state index contributed by atoms with van der Waals surface area (Å²) < 4.78 is 21.1. The summed E-state index contributed by atoms with van der Waals surface area (Å²) >= 11 is 0. The average Bonchev–Trinajstić information content (AvgIpc) is 3.00. The number of esters is 1. The molecular formula is C13H17NO6. The Labute approximate surface area is 116 Å². The molecule has 3 aliphatic rings. The van der Waals surface area contributed by atoms with Gasteiger partial charge in [-0.2, -0.15) is 0 Å². The van der Waals surface area contributed by atoms with Crippen molar-refractivity contribution in [3.63, 3.8) is 0 Å². The maximum Gasteiger partial charge on any atom is 0.409 e. The van der Waals surface area contributed by atoms with E-state index in [9.17, 15) is 9.59 Å². The maximum atomic E-state index is 11.8. The predicted molar refractivity (Wildman–Crippen MR) is 65.4 cm³/mol. The van der Waals surface area contributed by atoms with Crippen molar-refractivity contribution in [3.8, 4) is 0 Å². The van der Waals surface area contributed by atoms with Gasteiger partial charge in [-0.3, -0.25) is 0 Å². The molecule has 1 saturated heterocycles. The predicted octanol–water partition coefficient (Wildman–Crippen LogP) is 0.549. The van der Waals surface area contributed by atoms with Crippen LogP contribution < -0.4 is 5.32 Å². The minimum Gasteiger partial charge on any atom is -0.466 e. The second kappa shape index (κ2) is 4.37. The van der Waals surface area contributed by atoms with Crippen molar-refractivity contribution < 1.29 is 28.5 Å². The maximum absolute atomic E-state index is 11.8. The summed E-state index contributed by atoms with van der Waals surface area (Å²) in [5, 5.41) is 2.38. The smallest absolute Gasteiger partial charge is 0.409 e. The van der Waals surface area contributed by atoms with Gasteiger partial charge in [0.2, 0.25) is 0 Å². The summed E-state index contributed by atoms with van der Waals surface area (Å²) in [5.41, 5.74) is 0.0722. The molecule has 0 aromatic carbocycles. The summed E-state index contributed by atoms with van der Waals surface area (Å²) in [6, 6.07) is 0. The van der Waals surface area contributed by atoms with Crippen LogP contribution in [0.15, 0.2) is 11.8 Å². The highest BCUT2D eigenvalue weighted by Crippen LogP contribution is 2.60. The Morgan fingerprint density at radius 2 is 2.25 bits per heavy atom. The number of epoxide rings is 1. The second-order valence-electron chi connectivity index (χ2n) is 5.38. The van der Waals surface area contributed by atoms with Crippen molar-refractivity contribution in [3.05, 3.63) is 11.8 Å². The van der Waals surface area contributed by atoms with Gasteiger partial charge in [0.1, 0.15) is 5.60 Å². The lowest BCUT2D eigenvalue weighted by Crippen LogP contribution is -2.44. The number of alkyl carbamates (subject to hydrolysis) is 1. The number of hydrogen-bond donors (Lipinski definition) is 1. The van der Waals surface area contributed by atoms with Crippen LogP contribution in [0.4, 0.5) is 4.79 Å². The Morgan fingerprint density at radius 1 is 1.50 bits per heavy atom. The molecule has 2 aliphatic heterocycles. The standard InChI is InChI=1S/C13H17NO6/c1-13-8(20-13)4-6-7(10(15)17-3)5-18-11(9(6)13)19-12(16)14-2/h5-6,8-9,11H,4H2,1-3H3,(H,14,16)/t6-,8+,9+,11+,13+/m1/s1. The zero-order valence-electron chi connectivity index (χ0n) is 11.5. The van der Waals surface area contributed by atoms with Gasteiger partial charge in [0.05, 0.1) is 31.0 Å². The molecule has 7 heteroatoms. The second-order valence-corrected chi connectivity index (χ2v) is 5.38. The molecule has 1 saturated carbocycles. The molecule has 2 fully saturated rings. The molecule has 1 N–H and O–H groups in total. The van der Waals surface area contributed by atoms with Gasteiger partial charge >= 0.3 is 12.1 Å². The fraction of sp³-hybridized carbons (Fsp3) is 0.692. The summed E-state index contributed by atoms with van der Waals surface area (Å²) in [5.74, 6) is -0.693. The first-order valence-corrected chi connectivity index (χ1v) is 6.51. The average molecular weight is 283 g/mol. The van der Waals surface area contributed by atoms with E-state index in [1.165, 1.54) is 20.4 Å². The number of carbonyl (C=O) groups is 2. The van der Waals surface area contributed by atoms with Gasteiger partial charge in [0.25, 0.3) is 6.29 Å². The van der Waals surface area contributed by atoms with Gasteiger partial charge in [-0.25, -0.2) is 9.59 Å². The summed E-state index contributed by atoms with van der Waals surface area (Å²) in [6.45, 7) is 1.95. The molecule has 0 spiro atoms. The summed E-state index contributed by atoms with van der Waals surface area (Å²) in [6.07, 6.45) is 0.790. The van der Waals surface area contributed by atoms with E-state index < -0.39 is 24.0 Å². The molecule has 2 heterocycles. The summed E-state index contributed by atoms with van der Waals surface area (Å²) in [7, 11) is 2.81. The normalized spacial score (nSPS) is 40.6. The third kappa shape index (κ3) is 1.76. The van der Waals surface area contributed by atoms with Crippen molar-refractivity contribution in [1.82, 2.24) is 5.32 Å². The van der Waals surface area contributed by atoms with Crippen LogP contribution >= 0.6 is 0 Å². The Morgan fingerprint density at radius 3 is 2.90 bits per heavy atom. The lowest BCUT2D eigenvalue weighted by Gasteiger charge is -2.35. The van der Waals surface area contributed by atoms with Crippen LogP contribution in [0.2, 0.25) is 0 Å². The van der Waals surface area contributed by atoms with Crippen molar-refractivity contribution in [2.24, 2.45) is 11.8 Å². The van der Waals surface area contributed by atoms with E-state index >= 15 is 0 Å². The van der Waals surface area contributed by atoms with Crippen LogP contribution in [-0.2, 0) is 23.7 Å². The van der Waals surface area contributed by atoms with Crippen molar-refractivity contribution in [2.45, 2.75) is 31.3 Å². The Kier molecular flexibility index (Phi) is 2.89. The first-order valence-electron chi connectivity index (χ1n) is 6.51. The number of carbonyl (C=O) groups excluding carboxylic acids is 2. The lowest BCUT2D eigenvalue weighted by molar-refractivity contribution is -0.150. The number of nitrogens with one attached hydrogen (secondary N) is 1. The molecule has 1 amide bonds. The lowest BCUT2D eigenvalue weighted by atomic mass is 9.82.